The van der Waals surface area contributed by atoms with Crippen LogP contribution < -0.4 is 0 Å². The summed E-state index contributed by atoms with van der Waals surface area (Å²) in [5, 5.41) is 19.5. The Labute approximate surface area is 719 Å². The Balaban J connectivity index is 0.000000155. The Bertz CT molecular complexity index is 3900. The molecule has 5 saturated heterocycles. The van der Waals surface area contributed by atoms with Gasteiger partial charge in [0, 0.05) is 36.5 Å². The average Bonchev–Trinajstić information content (AvgIpc) is 1.54. The van der Waals surface area contributed by atoms with Gasteiger partial charge in [-0.05, 0) is 259 Å². The largest absolute Gasteiger partial charge is 0.463 e. The predicted octanol–water partition coefficient (Wildman–Crippen LogP) is 14.8. The lowest BCUT2D eigenvalue weighted by molar-refractivity contribution is -0.225. The number of hydrogen-bond acceptors (Lipinski definition) is 27. The molecule has 121 heavy (non-hydrogen) atoms. The minimum atomic E-state index is -3.53. The molecule has 27 nitrogen and oxygen atoms in total. The van der Waals surface area contributed by atoms with Crippen LogP contribution >= 0.6 is 0 Å². The molecule has 0 spiro atoms. The molecule has 5 heterocycles. The van der Waals surface area contributed by atoms with Gasteiger partial charge in [0.2, 0.25) is 6.10 Å². The molecule has 1 N–H and O–H groups in total. The first kappa shape index (κ1) is 97.6. The molecule has 0 aromatic heterocycles. The maximum absolute atomic E-state index is 12.4. The van der Waals surface area contributed by atoms with Crippen molar-refractivity contribution in [2.45, 2.75) is 396 Å². The summed E-state index contributed by atoms with van der Waals surface area (Å²) >= 11 is 0. The van der Waals surface area contributed by atoms with Crippen molar-refractivity contribution in [1.82, 2.24) is 0 Å². The van der Waals surface area contributed by atoms with Gasteiger partial charge in [-0.25, -0.2) is 9.59 Å². The number of rotatable bonds is 25. The summed E-state index contributed by atoms with van der Waals surface area (Å²) in [7, 11) is -3.53. The van der Waals surface area contributed by atoms with Crippen molar-refractivity contribution in [3.05, 3.63) is 0 Å². The van der Waals surface area contributed by atoms with E-state index in [9.17, 15) is 61.9 Å². The molecule has 686 valence electrons. The van der Waals surface area contributed by atoms with Gasteiger partial charge in [0.25, 0.3) is 10.1 Å². The smallest absolute Gasteiger partial charge is 0.347 e. The number of hydrogen-bond donors (Lipinski definition) is 1. The Hall–Kier alpha value is -5.57. The van der Waals surface area contributed by atoms with Gasteiger partial charge in [-0.2, -0.15) is 13.7 Å². The van der Waals surface area contributed by atoms with Crippen molar-refractivity contribution >= 4 is 63.8 Å². The molecule has 0 amide bonds. The number of carbonyl (C=O) groups excluding carboxylic acids is 9. The Kier molecular flexibility index (Phi) is 29.6. The van der Waals surface area contributed by atoms with Crippen LogP contribution in [0.4, 0.5) is 0 Å². The highest BCUT2D eigenvalue weighted by Crippen LogP contribution is 2.65. The molecule has 0 aromatic rings. The number of fused-ring (bicyclic) bond motifs is 5. The fraction of sp³-hybridized carbons (Fsp3) is 0.892. The van der Waals surface area contributed by atoms with E-state index in [4.69, 9.17) is 65.8 Å². The third-order valence-corrected chi connectivity index (χ3v) is 33.5. The van der Waals surface area contributed by atoms with E-state index in [1.54, 1.807) is 27.7 Å². The predicted molar refractivity (Wildman–Crippen MR) is 442 cm³/mol. The molecule has 0 radical (unpaired) electrons. The van der Waals surface area contributed by atoms with Gasteiger partial charge in [0.1, 0.15) is 60.7 Å². The van der Waals surface area contributed by atoms with Gasteiger partial charge >= 0.3 is 53.7 Å². The molecule has 5 aliphatic heterocycles. The summed E-state index contributed by atoms with van der Waals surface area (Å²) in [6.07, 6.45) is 17.7. The molecule has 20 atom stereocenters. The summed E-state index contributed by atoms with van der Waals surface area (Å²) < 4.78 is 102. The molecule has 0 aromatic carbocycles. The number of carbonyl (C=O) groups is 9. The molecule has 16 aliphatic rings. The number of nitriles is 1. The lowest BCUT2D eigenvalue weighted by Gasteiger charge is -2.59. The van der Waals surface area contributed by atoms with Crippen LogP contribution in [0.1, 0.15) is 313 Å². The normalized spacial score (nSPS) is 36.3. The lowest BCUT2D eigenvalue weighted by atomic mass is 9.52. The van der Waals surface area contributed by atoms with E-state index in [0.717, 1.165) is 70.1 Å². The third kappa shape index (κ3) is 20.4. The van der Waals surface area contributed by atoms with Crippen molar-refractivity contribution < 1.29 is 122 Å². The van der Waals surface area contributed by atoms with Crippen molar-refractivity contribution in [3.63, 3.8) is 0 Å². The molecule has 16 rings (SSSR count). The van der Waals surface area contributed by atoms with Crippen molar-refractivity contribution in [2.24, 2.45) is 96.1 Å². The molecule has 28 heteroatoms. The van der Waals surface area contributed by atoms with E-state index >= 15 is 0 Å². The maximum Gasteiger partial charge on any atom is 0.347 e. The number of cyclic esters (lactones) is 1. The minimum absolute atomic E-state index is 0.0130. The topological polar surface area (TPSA) is 361 Å². The highest BCUT2D eigenvalue weighted by atomic mass is 32.2. The average molecular weight is 1730 g/mol. The monoisotopic (exact) mass is 1730 g/mol. The molecule has 10 bridgehead atoms. The van der Waals surface area contributed by atoms with Gasteiger partial charge in [-0.15, -0.1) is 0 Å². The van der Waals surface area contributed by atoms with Crippen molar-refractivity contribution in [1.29, 1.82) is 5.26 Å². The first-order valence-corrected chi connectivity index (χ1v) is 47.0. The van der Waals surface area contributed by atoms with E-state index in [0.29, 0.717) is 88.9 Å². The highest BCUT2D eigenvalue weighted by Gasteiger charge is 2.73. The second-order valence-corrected chi connectivity index (χ2v) is 45.1. The van der Waals surface area contributed by atoms with Crippen LogP contribution in [0.3, 0.4) is 0 Å². The van der Waals surface area contributed by atoms with Crippen LogP contribution in [0.25, 0.3) is 0 Å². The quantitative estimate of drug-likeness (QED) is 0.0384. The summed E-state index contributed by atoms with van der Waals surface area (Å²) in [5.41, 5.74) is -4.56. The first-order valence-electron chi connectivity index (χ1n) is 45.5. The van der Waals surface area contributed by atoms with Gasteiger partial charge in [0.15, 0.2) is 18.1 Å². The van der Waals surface area contributed by atoms with Gasteiger partial charge in [-0.3, -0.25) is 37.7 Å². The first-order chi connectivity index (χ1) is 56.2. The summed E-state index contributed by atoms with van der Waals surface area (Å²) in [5.74, 6) is -0.649. The second-order valence-electron chi connectivity index (χ2n) is 43.3. The molecule has 20 unspecified atom stereocenters. The fourth-order valence-corrected chi connectivity index (χ4v) is 23.3. The Morgan fingerprint density at radius 1 is 0.570 bits per heavy atom. The van der Waals surface area contributed by atoms with Crippen LogP contribution in [0.5, 0.6) is 0 Å². The van der Waals surface area contributed by atoms with Crippen LogP contribution in [0.2, 0.25) is 0 Å². The van der Waals surface area contributed by atoms with E-state index in [2.05, 4.69) is 40.7 Å². The van der Waals surface area contributed by atoms with Crippen LogP contribution in [-0.4, -0.2) is 184 Å². The van der Waals surface area contributed by atoms with Gasteiger partial charge in [-0.1, -0.05) is 76.2 Å². The number of esters is 9. The van der Waals surface area contributed by atoms with Crippen LogP contribution in [0, 0.1) is 107 Å². The minimum Gasteiger partial charge on any atom is -0.463 e. The third-order valence-electron chi connectivity index (χ3n) is 31.7. The van der Waals surface area contributed by atoms with Crippen molar-refractivity contribution in [2.75, 3.05) is 33.2 Å². The van der Waals surface area contributed by atoms with E-state index in [1.165, 1.54) is 38.5 Å². The second kappa shape index (κ2) is 36.6. The zero-order valence-corrected chi connectivity index (χ0v) is 77.8. The van der Waals surface area contributed by atoms with Crippen molar-refractivity contribution in [3.8, 4) is 6.07 Å². The van der Waals surface area contributed by atoms with Gasteiger partial charge < -0.3 is 66.7 Å². The molecular formula is C93H147NO26S. The summed E-state index contributed by atoms with van der Waals surface area (Å²) in [6.45, 7) is 46.5. The Morgan fingerprint density at radius 2 is 1.09 bits per heavy atom. The molecular weight excluding hydrogens is 1580 g/mol. The zero-order valence-electron chi connectivity index (χ0n) is 77.0. The molecule has 16 fully saturated rings. The number of ether oxygens (including phenoxy) is 13. The molecule has 11 aliphatic carbocycles. The van der Waals surface area contributed by atoms with Crippen LogP contribution in [-0.2, 0) is 119 Å². The van der Waals surface area contributed by atoms with E-state index in [1.807, 2.05) is 96.9 Å². The fourth-order valence-electron chi connectivity index (χ4n) is 21.4. The standard InChI is InChI=1S/C23H38O6.C16H26O3.C15H19NO4.C15H22O7S.C14H26O2.C10H16O4/c1-7-21(2,3)20(24)29-16-12-26-17-15(11-25-18(16)17)27-13-28-19-22(4,5)14-8-9-23(19,6)10-14;1-4-14(2,3)13(17)19-16-8-11-5-12(9-16)7-15(18,6-11)10-16;1-4-14(2,3)12(17)19-10-8-5-9-11(10)20-13(18)15(9,6-8)7-16;1-4-15(2,3)14(17)20-7-11(16)21-12-8-5-9-10(6-8)23(18,19)22-13(9)12;1-6-13(4,5)12(15)16-14(11(2)3)9-7-8-10-14;1-4-10(2,3)9(12)14-7-5-6-13-8(7)11/h14-19H,7-13H2,1-6H3;11-12,18H,4-10H2,1-3H3;8-11H,4-6H2,1-3H3;8-10,12-13H,4-7H2,1-3H3;11H,6-10H2,1-5H3;7H,4-6H2,1-3H3. The van der Waals surface area contributed by atoms with E-state index < -0.39 is 108 Å². The SMILES string of the molecule is CCC(C)(C)C(=O)OC1(C(C)C)CCCC1.CCC(C)(C)C(=O)OC12CC3CC(CC(O)(C3)C1)C2.CCC(C)(C)C(=O)OC1C2CC3C1OC(=O)C3(C#N)C2.CCC(C)(C)C(=O)OC1CCOC1=O.CCC(C)(C)C(=O)OC1COC2C(OCOC3C4(C)CCC(C4)C3(C)C)COC12.CCC(C)(C)C(=O)OCC(=O)OC1C2CC3C1OS(=O)(=O)C3C2. The number of aliphatic hydroxyl groups is 1. The highest BCUT2D eigenvalue weighted by molar-refractivity contribution is 7.87. The van der Waals surface area contributed by atoms with Crippen LogP contribution in [0.15, 0.2) is 0 Å². The maximum atomic E-state index is 12.4. The van der Waals surface area contributed by atoms with E-state index in [-0.39, 0.29) is 124 Å². The molecule has 11 saturated carbocycles. The lowest BCUT2D eigenvalue weighted by Crippen LogP contribution is -2.61. The Morgan fingerprint density at radius 3 is 1.61 bits per heavy atom. The van der Waals surface area contributed by atoms with Gasteiger partial charge in [0.05, 0.1) is 75.3 Å². The number of nitrogens with zero attached hydrogens (tertiary/aromatic N) is 1. The summed E-state index contributed by atoms with van der Waals surface area (Å²) in [4.78, 5) is 107. The summed E-state index contributed by atoms with van der Waals surface area (Å²) in [6, 6.07) is 2.15. The zero-order chi connectivity index (χ0) is 89.8.